The molecule has 2 aromatic rings. The topological polar surface area (TPSA) is 17.1 Å². The summed E-state index contributed by atoms with van der Waals surface area (Å²) in [5.74, 6) is -1.74. The van der Waals surface area contributed by atoms with E-state index in [1.807, 2.05) is 32.0 Å². The van der Waals surface area contributed by atoms with Crippen LogP contribution in [0.3, 0.4) is 0 Å². The third kappa shape index (κ3) is 3.05. The lowest BCUT2D eigenvalue weighted by molar-refractivity contribution is 0.0991. The summed E-state index contributed by atoms with van der Waals surface area (Å²) in [5.41, 5.74) is 2.99. The number of benzene rings is 2. The zero-order chi connectivity index (χ0) is 14.0. The smallest absolute Gasteiger partial charge is 0.167 e. The molecular weight excluding hydrogens is 246 g/mol. The van der Waals surface area contributed by atoms with Gasteiger partial charge >= 0.3 is 0 Å². The van der Waals surface area contributed by atoms with Crippen LogP contribution in [0.2, 0.25) is 0 Å². The highest BCUT2D eigenvalue weighted by atomic mass is 19.1. The normalized spacial score (nSPS) is 10.5. The molecule has 98 valence electrons. The maximum Gasteiger partial charge on any atom is 0.167 e. The molecule has 2 rings (SSSR count). The van der Waals surface area contributed by atoms with E-state index < -0.39 is 11.6 Å². The van der Waals surface area contributed by atoms with Crippen molar-refractivity contribution in [2.24, 2.45) is 0 Å². The van der Waals surface area contributed by atoms with Gasteiger partial charge in [-0.2, -0.15) is 0 Å². The van der Waals surface area contributed by atoms with E-state index in [0.29, 0.717) is 0 Å². The van der Waals surface area contributed by atoms with Crippen LogP contribution in [0.5, 0.6) is 0 Å². The van der Waals surface area contributed by atoms with Crippen molar-refractivity contribution < 1.29 is 13.6 Å². The van der Waals surface area contributed by atoms with Crippen molar-refractivity contribution in [3.05, 3.63) is 70.3 Å². The van der Waals surface area contributed by atoms with E-state index in [-0.39, 0.29) is 17.8 Å². The van der Waals surface area contributed by atoms with E-state index in [4.69, 9.17) is 0 Å². The van der Waals surface area contributed by atoms with Gasteiger partial charge in [-0.05, 0) is 42.7 Å². The average molecular weight is 260 g/mol. The lowest BCUT2D eigenvalue weighted by Gasteiger charge is -2.09. The van der Waals surface area contributed by atoms with Crippen molar-refractivity contribution in [1.29, 1.82) is 0 Å². The number of aryl methyl sites for hydroxylation is 2. The van der Waals surface area contributed by atoms with Crippen LogP contribution in [-0.2, 0) is 6.42 Å². The molecule has 0 radical (unpaired) electrons. The fraction of sp³-hybridized carbons (Fsp3) is 0.188. The molecule has 0 aromatic heterocycles. The molecule has 0 saturated carbocycles. The standard InChI is InChI=1S/C16H14F2O/c1-10-4-3-5-11(2)15(10)9-16(19)12-6-13(17)8-14(18)7-12/h3-8H,9H2,1-2H3. The molecule has 0 heterocycles. The lowest BCUT2D eigenvalue weighted by atomic mass is 9.95. The minimum atomic E-state index is -0.732. The molecule has 0 aliphatic carbocycles. The lowest BCUT2D eigenvalue weighted by Crippen LogP contribution is -2.07. The van der Waals surface area contributed by atoms with Crippen molar-refractivity contribution in [1.82, 2.24) is 0 Å². The molecule has 0 atom stereocenters. The number of rotatable bonds is 3. The Morgan fingerprint density at radius 3 is 2.05 bits per heavy atom. The predicted octanol–water partition coefficient (Wildman–Crippen LogP) is 4.01. The van der Waals surface area contributed by atoms with Crippen molar-refractivity contribution in [3.8, 4) is 0 Å². The zero-order valence-corrected chi connectivity index (χ0v) is 10.8. The molecule has 0 aliphatic rings. The number of halogens is 2. The van der Waals surface area contributed by atoms with E-state index in [0.717, 1.165) is 34.9 Å². The summed E-state index contributed by atoms with van der Waals surface area (Å²) in [5, 5.41) is 0. The Hall–Kier alpha value is -2.03. The van der Waals surface area contributed by atoms with Gasteiger partial charge < -0.3 is 0 Å². The summed E-state index contributed by atoms with van der Waals surface area (Å²) < 4.78 is 26.2. The Balaban J connectivity index is 2.31. The fourth-order valence-corrected chi connectivity index (χ4v) is 2.11. The molecular formula is C16H14F2O. The zero-order valence-electron chi connectivity index (χ0n) is 10.8. The quantitative estimate of drug-likeness (QED) is 0.762. The minimum absolute atomic E-state index is 0.0696. The van der Waals surface area contributed by atoms with Gasteiger partial charge in [-0.1, -0.05) is 18.2 Å². The SMILES string of the molecule is Cc1cccc(C)c1CC(=O)c1cc(F)cc(F)c1. The molecule has 0 fully saturated rings. The first-order chi connectivity index (χ1) is 8.97. The van der Waals surface area contributed by atoms with Crippen LogP contribution in [0.25, 0.3) is 0 Å². The van der Waals surface area contributed by atoms with Crippen LogP contribution in [0, 0.1) is 25.5 Å². The third-order valence-corrected chi connectivity index (χ3v) is 3.17. The predicted molar refractivity (Wildman–Crippen MR) is 70.3 cm³/mol. The first-order valence-corrected chi connectivity index (χ1v) is 6.02. The summed E-state index contributed by atoms with van der Waals surface area (Å²) in [6, 6.07) is 8.65. The van der Waals surface area contributed by atoms with E-state index in [9.17, 15) is 13.6 Å². The van der Waals surface area contributed by atoms with Gasteiger partial charge in [0, 0.05) is 18.1 Å². The molecule has 0 unspecified atom stereocenters. The highest BCUT2D eigenvalue weighted by molar-refractivity contribution is 5.97. The van der Waals surface area contributed by atoms with Crippen molar-refractivity contribution in [2.45, 2.75) is 20.3 Å². The van der Waals surface area contributed by atoms with Crippen molar-refractivity contribution >= 4 is 5.78 Å². The molecule has 2 aromatic carbocycles. The van der Waals surface area contributed by atoms with Gasteiger partial charge in [-0.15, -0.1) is 0 Å². The van der Waals surface area contributed by atoms with Gasteiger partial charge in [0.2, 0.25) is 0 Å². The Morgan fingerprint density at radius 2 is 1.53 bits per heavy atom. The van der Waals surface area contributed by atoms with Gasteiger partial charge in [0.05, 0.1) is 0 Å². The van der Waals surface area contributed by atoms with Crippen LogP contribution < -0.4 is 0 Å². The van der Waals surface area contributed by atoms with Crippen molar-refractivity contribution in [3.63, 3.8) is 0 Å². The third-order valence-electron chi connectivity index (χ3n) is 3.17. The number of hydrogen-bond donors (Lipinski definition) is 0. The Bertz CT molecular complexity index is 592. The van der Waals surface area contributed by atoms with Gasteiger partial charge in [0.1, 0.15) is 11.6 Å². The Labute approximate surface area is 110 Å². The van der Waals surface area contributed by atoms with E-state index in [2.05, 4.69) is 0 Å². The molecule has 1 nitrogen and oxygen atoms in total. The fourth-order valence-electron chi connectivity index (χ4n) is 2.11. The second kappa shape index (κ2) is 5.31. The Morgan fingerprint density at radius 1 is 1.00 bits per heavy atom. The number of carbonyl (C=O) groups excluding carboxylic acids is 1. The van der Waals surface area contributed by atoms with Gasteiger partial charge in [-0.25, -0.2) is 8.78 Å². The molecule has 19 heavy (non-hydrogen) atoms. The van der Waals surface area contributed by atoms with Crippen LogP contribution in [0.4, 0.5) is 8.78 Å². The first kappa shape index (κ1) is 13.4. The van der Waals surface area contributed by atoms with Crippen molar-refractivity contribution in [2.75, 3.05) is 0 Å². The number of hydrogen-bond acceptors (Lipinski definition) is 1. The maximum absolute atomic E-state index is 13.1. The molecule has 0 aliphatic heterocycles. The summed E-state index contributed by atoms with van der Waals surface area (Å²) in [7, 11) is 0. The second-order valence-electron chi connectivity index (χ2n) is 4.63. The minimum Gasteiger partial charge on any atom is -0.294 e. The maximum atomic E-state index is 13.1. The highest BCUT2D eigenvalue weighted by Crippen LogP contribution is 2.17. The molecule has 0 saturated heterocycles. The van der Waals surface area contributed by atoms with Gasteiger partial charge in [0.15, 0.2) is 5.78 Å². The first-order valence-electron chi connectivity index (χ1n) is 6.02. The monoisotopic (exact) mass is 260 g/mol. The second-order valence-corrected chi connectivity index (χ2v) is 4.63. The van der Waals surface area contributed by atoms with Gasteiger partial charge in [-0.3, -0.25) is 4.79 Å². The molecule has 0 amide bonds. The highest BCUT2D eigenvalue weighted by Gasteiger charge is 2.12. The number of ketones is 1. The van der Waals surface area contributed by atoms with Crippen LogP contribution in [-0.4, -0.2) is 5.78 Å². The Kier molecular flexibility index (Phi) is 3.74. The summed E-state index contributed by atoms with van der Waals surface area (Å²) >= 11 is 0. The van der Waals surface area contributed by atoms with Crippen LogP contribution in [0.15, 0.2) is 36.4 Å². The largest absolute Gasteiger partial charge is 0.294 e. The van der Waals surface area contributed by atoms with Crippen LogP contribution in [0.1, 0.15) is 27.0 Å². The van der Waals surface area contributed by atoms with E-state index in [1.165, 1.54) is 0 Å². The molecule has 0 N–H and O–H groups in total. The van der Waals surface area contributed by atoms with E-state index >= 15 is 0 Å². The molecule has 0 bridgehead atoms. The summed E-state index contributed by atoms with van der Waals surface area (Å²) in [4.78, 5) is 12.1. The average Bonchev–Trinajstić information content (AvgIpc) is 2.32. The summed E-state index contributed by atoms with van der Waals surface area (Å²) in [6.07, 6.45) is 0.154. The van der Waals surface area contributed by atoms with E-state index in [1.54, 1.807) is 0 Å². The molecule has 0 spiro atoms. The number of carbonyl (C=O) groups is 1. The number of Topliss-reactive ketones (excluding diaryl/α,β-unsaturated/α-hetero) is 1. The molecule has 3 heteroatoms. The van der Waals surface area contributed by atoms with Gasteiger partial charge in [0.25, 0.3) is 0 Å². The van der Waals surface area contributed by atoms with Crippen LogP contribution >= 0.6 is 0 Å². The summed E-state index contributed by atoms with van der Waals surface area (Å²) in [6.45, 7) is 3.84.